The molecule has 10 nitrogen and oxygen atoms in total. The molecule has 130 heavy (non-hydrogen) atoms. The quantitative estimate of drug-likeness (QED) is 0.141. The van der Waals surface area contributed by atoms with Gasteiger partial charge in [-0.3, -0.25) is 9.13 Å². The van der Waals surface area contributed by atoms with E-state index in [1.165, 1.54) is 54.4 Å². The third-order valence-electron chi connectivity index (χ3n) is 27.2. The van der Waals surface area contributed by atoms with E-state index in [-0.39, 0.29) is 0 Å². The predicted molar refractivity (Wildman–Crippen MR) is 540 cm³/mol. The van der Waals surface area contributed by atoms with E-state index < -0.39 is 0 Å². The van der Waals surface area contributed by atoms with Crippen LogP contribution in [0.3, 0.4) is 0 Å². The lowest BCUT2D eigenvalue weighted by atomic mass is 9.94. The molecular weight excluding hydrogens is 1590 g/mol. The summed E-state index contributed by atoms with van der Waals surface area (Å²) in [4.78, 5) is 22.0. The minimum absolute atomic E-state index is 0.599. The van der Waals surface area contributed by atoms with Crippen molar-refractivity contribution in [2.24, 2.45) is 0 Å². The Morgan fingerprint density at radius 3 is 1.10 bits per heavy atom. The second-order valence-corrected chi connectivity index (χ2v) is 34.1. The van der Waals surface area contributed by atoms with E-state index in [1.54, 1.807) is 0 Å². The highest BCUT2D eigenvalue weighted by Gasteiger charge is 2.30. The van der Waals surface area contributed by atoms with Gasteiger partial charge in [0.25, 0.3) is 0 Å². The van der Waals surface area contributed by atoms with Gasteiger partial charge in [0.2, 0.25) is 11.9 Å². The molecule has 0 amide bonds. The lowest BCUT2D eigenvalue weighted by molar-refractivity contribution is 0.670. The fourth-order valence-electron chi connectivity index (χ4n) is 21.5. The van der Waals surface area contributed by atoms with Gasteiger partial charge in [-0.2, -0.15) is 0 Å². The maximum atomic E-state index is 7.18. The van der Waals surface area contributed by atoms with Crippen molar-refractivity contribution in [1.29, 1.82) is 0 Å². The van der Waals surface area contributed by atoms with E-state index in [1.807, 2.05) is 6.07 Å². The van der Waals surface area contributed by atoms with Gasteiger partial charge in [-0.25, -0.2) is 19.9 Å². The number of para-hydroxylation sites is 6. The Bertz CT molecular complexity index is 9890. The summed E-state index contributed by atoms with van der Waals surface area (Å²) in [7, 11) is 0. The first-order chi connectivity index (χ1) is 64.5. The molecule has 29 aromatic rings. The average molecular weight is 1660 g/mol. The number of fused-ring (bicyclic) bond motifs is 34. The molecule has 0 aliphatic rings. The van der Waals surface area contributed by atoms with Crippen molar-refractivity contribution < 1.29 is 8.83 Å². The van der Waals surface area contributed by atoms with Crippen LogP contribution in [0.2, 0.25) is 0 Å². The molecule has 0 saturated carbocycles. The van der Waals surface area contributed by atoms with Crippen molar-refractivity contribution in [2.45, 2.75) is 0 Å². The molecule has 0 spiro atoms. The molecule has 0 fully saturated rings. The third kappa shape index (κ3) is 10.6. The lowest BCUT2D eigenvalue weighted by Crippen LogP contribution is -2.04. The Balaban J connectivity index is 0.000000131. The number of rotatable bonds is 8. The minimum atomic E-state index is 0.599. The van der Waals surface area contributed by atoms with Gasteiger partial charge in [0.1, 0.15) is 22.2 Å². The first-order valence-corrected chi connectivity index (χ1v) is 44.2. The van der Waals surface area contributed by atoms with Gasteiger partial charge in [0.15, 0.2) is 11.2 Å². The highest BCUT2D eigenvalue weighted by Crippen LogP contribution is 2.51. The highest BCUT2D eigenvalue weighted by atomic mass is 16.3. The molecular formula is C120H70N8O2. The van der Waals surface area contributed by atoms with Crippen LogP contribution in [0.25, 0.3) is 275 Å². The second-order valence-electron chi connectivity index (χ2n) is 34.1. The van der Waals surface area contributed by atoms with Crippen molar-refractivity contribution in [3.8, 4) is 68.0 Å². The van der Waals surface area contributed by atoms with Crippen LogP contribution in [0.5, 0.6) is 0 Å². The maximum Gasteiger partial charge on any atom is 0.235 e. The Hall–Kier alpha value is -17.6. The first-order valence-electron chi connectivity index (χ1n) is 44.2. The van der Waals surface area contributed by atoms with E-state index in [4.69, 9.17) is 28.8 Å². The van der Waals surface area contributed by atoms with Crippen LogP contribution >= 0.6 is 0 Å². The normalized spacial score (nSPS) is 12.2. The molecule has 0 radical (unpaired) electrons. The molecule has 0 saturated heterocycles. The lowest BCUT2D eigenvalue weighted by Gasteiger charge is -2.14. The number of nitrogens with zero attached hydrogens (tertiary/aromatic N) is 8. The summed E-state index contributed by atoms with van der Waals surface area (Å²) in [5.41, 5.74) is 24.5. The van der Waals surface area contributed by atoms with Gasteiger partial charge in [-0.1, -0.05) is 322 Å². The Labute approximate surface area is 741 Å². The maximum absolute atomic E-state index is 7.18. The fraction of sp³-hybridized carbons (Fsp3) is 0. The van der Waals surface area contributed by atoms with Gasteiger partial charge in [-0.15, -0.1) is 0 Å². The fourth-order valence-corrected chi connectivity index (χ4v) is 21.5. The average Bonchev–Trinajstić information content (AvgIpc) is 1.53. The van der Waals surface area contributed by atoms with Crippen LogP contribution in [-0.2, 0) is 0 Å². The zero-order chi connectivity index (χ0) is 84.9. The summed E-state index contributed by atoms with van der Waals surface area (Å²) in [5, 5.41) is 27.3. The summed E-state index contributed by atoms with van der Waals surface area (Å²) in [6, 6.07) is 152. The van der Waals surface area contributed by atoms with Crippen LogP contribution in [0, 0.1) is 0 Å². The van der Waals surface area contributed by atoms with Crippen LogP contribution in [0.4, 0.5) is 0 Å². The summed E-state index contributed by atoms with van der Waals surface area (Å²) in [5.74, 6) is 1.20. The Kier molecular flexibility index (Phi) is 15.4. The molecule has 8 aromatic heterocycles. The van der Waals surface area contributed by atoms with E-state index in [2.05, 4.69) is 437 Å². The summed E-state index contributed by atoms with van der Waals surface area (Å²) in [6.07, 6.45) is 0. The van der Waals surface area contributed by atoms with E-state index in [0.717, 1.165) is 209 Å². The van der Waals surface area contributed by atoms with Crippen molar-refractivity contribution in [3.05, 3.63) is 425 Å². The van der Waals surface area contributed by atoms with Crippen molar-refractivity contribution >= 4 is 207 Å². The van der Waals surface area contributed by atoms with Gasteiger partial charge < -0.3 is 18.0 Å². The molecule has 8 heterocycles. The van der Waals surface area contributed by atoms with Crippen molar-refractivity contribution in [1.82, 2.24) is 38.2 Å². The molecule has 602 valence electrons. The van der Waals surface area contributed by atoms with Gasteiger partial charge in [0, 0.05) is 109 Å². The first kappa shape index (κ1) is 71.8. The van der Waals surface area contributed by atoms with Crippen LogP contribution < -0.4 is 0 Å². The van der Waals surface area contributed by atoms with Crippen LogP contribution in [0.1, 0.15) is 0 Å². The highest BCUT2D eigenvalue weighted by molar-refractivity contribution is 6.37. The molecule has 0 aliphatic heterocycles. The molecule has 0 unspecified atom stereocenters. The monoisotopic (exact) mass is 1650 g/mol. The molecule has 0 atom stereocenters. The molecule has 21 aromatic carbocycles. The van der Waals surface area contributed by atoms with Gasteiger partial charge in [0.05, 0.1) is 55.5 Å². The molecule has 0 N–H and O–H groups in total. The van der Waals surface area contributed by atoms with Gasteiger partial charge >= 0.3 is 0 Å². The molecule has 29 rings (SSSR count). The zero-order valence-corrected chi connectivity index (χ0v) is 69.8. The van der Waals surface area contributed by atoms with E-state index in [9.17, 15) is 0 Å². The predicted octanol–water partition coefficient (Wildman–Crippen LogP) is 31.9. The van der Waals surface area contributed by atoms with Crippen LogP contribution in [-0.4, -0.2) is 38.2 Å². The SMILES string of the molecule is c1ccc(-c2nc(-n3c4ccccc4c4c5ccc(-c6ccc7c(c6)c6ccccc6n7-c6ccccc6)cc5c5c6ccccc6oc5c43)nc3c2ccc2ccccc23)cc1.c1ccc(-c2nc(-n3c4ccccc4c4c5ccccc5c5c6cc(-c7ccc8c9c%10ccccc%10ccc9n(-c9ccccc9)c8c7)ccc6oc5c43)nc3c2ccc2ccccc23)cc1. The molecule has 0 bridgehead atoms. The summed E-state index contributed by atoms with van der Waals surface area (Å²) in [6.45, 7) is 0. The molecule has 0 aliphatic carbocycles. The topological polar surface area (TPSA) is 97.6 Å². The Morgan fingerprint density at radius 1 is 0.177 bits per heavy atom. The number of benzene rings is 21. The third-order valence-corrected chi connectivity index (χ3v) is 27.2. The number of hydrogen-bond donors (Lipinski definition) is 0. The number of aromatic nitrogens is 8. The van der Waals surface area contributed by atoms with Crippen LogP contribution in [0.15, 0.2) is 433 Å². The van der Waals surface area contributed by atoms with Gasteiger partial charge in [-0.05, 0) is 168 Å². The largest absolute Gasteiger partial charge is 0.454 e. The van der Waals surface area contributed by atoms with E-state index >= 15 is 0 Å². The number of furan rings is 2. The Morgan fingerprint density at radius 2 is 0.531 bits per heavy atom. The summed E-state index contributed by atoms with van der Waals surface area (Å²) < 4.78 is 23.5. The molecule has 10 heteroatoms. The number of hydrogen-bond acceptors (Lipinski definition) is 6. The minimum Gasteiger partial charge on any atom is -0.454 e. The zero-order valence-electron chi connectivity index (χ0n) is 69.8. The summed E-state index contributed by atoms with van der Waals surface area (Å²) >= 11 is 0. The second kappa shape index (κ2) is 28.0. The smallest absolute Gasteiger partial charge is 0.235 e. The van der Waals surface area contributed by atoms with E-state index in [0.29, 0.717) is 11.9 Å². The van der Waals surface area contributed by atoms with Crippen molar-refractivity contribution in [3.63, 3.8) is 0 Å². The van der Waals surface area contributed by atoms with Crippen molar-refractivity contribution in [2.75, 3.05) is 0 Å². The standard InChI is InChI=1S/C62H36N4O.C58H34N4O/c1-3-17-39(18-4-1)58-49-32-27-38-16-8-10-22-44(38)59(49)64-62(63-58)66-51-26-14-13-25-47(51)56-45-23-11-12-24-46(45)57-50-35-40(30-34-54(50)67-61(57)60(56)66)41-28-31-48-53(36-41)65(42-19-5-2-6-20-42)52-33-29-37-15-7-9-21-43(37)55(48)52;1-3-16-36(17-4-1)54-45-31-27-35-15-7-8-20-40(35)55(45)60-58(59-54)62-49-25-13-10-22-43(49)52-42-30-28-37(34-47(42)53-44-23-11-14-26-51(44)63-57(53)56(52)62)38-29-32-50-46(33-38)41-21-9-12-24-48(41)61(50)39-18-5-2-6-19-39/h1-36H;1-34H.